The standard InChI is InChI=1S/C17H22ClNO5/c1-11-9-14(18)3-4-15(11)21-10-22-17(20)19-7-5-13(6-8-19)16-23-12(2)24-16/h3-4,9,12-13,16H,5-8,10H2,1-2H3. The number of likely N-dealkylation sites (tertiary alicyclic amines) is 1. The third-order valence-corrected chi connectivity index (χ3v) is 4.60. The van der Waals surface area contributed by atoms with Crippen molar-refractivity contribution in [2.75, 3.05) is 19.9 Å². The molecule has 0 N–H and O–H groups in total. The molecule has 0 radical (unpaired) electrons. The van der Waals surface area contributed by atoms with E-state index in [1.54, 1.807) is 23.1 Å². The number of carbonyl (C=O) groups excluding carboxylic acids is 1. The molecule has 132 valence electrons. The zero-order valence-corrected chi connectivity index (χ0v) is 14.6. The minimum Gasteiger partial charge on any atom is -0.457 e. The Morgan fingerprint density at radius 3 is 2.67 bits per heavy atom. The Labute approximate surface area is 146 Å². The molecule has 2 saturated heterocycles. The molecule has 24 heavy (non-hydrogen) atoms. The summed E-state index contributed by atoms with van der Waals surface area (Å²) in [6.07, 6.45) is 1.12. The van der Waals surface area contributed by atoms with Crippen LogP contribution < -0.4 is 4.74 Å². The van der Waals surface area contributed by atoms with Gasteiger partial charge in [-0.05, 0) is 50.5 Å². The summed E-state index contributed by atoms with van der Waals surface area (Å²) < 4.78 is 21.7. The van der Waals surface area contributed by atoms with E-state index in [2.05, 4.69) is 0 Å². The number of nitrogens with zero attached hydrogens (tertiary/aromatic N) is 1. The van der Waals surface area contributed by atoms with Gasteiger partial charge in [0, 0.05) is 24.0 Å². The molecule has 1 aromatic rings. The fraction of sp³-hybridized carbons (Fsp3) is 0.588. The van der Waals surface area contributed by atoms with Crippen molar-refractivity contribution >= 4 is 17.7 Å². The van der Waals surface area contributed by atoms with Gasteiger partial charge in [0.2, 0.25) is 6.79 Å². The van der Waals surface area contributed by atoms with Crippen molar-refractivity contribution in [3.05, 3.63) is 28.8 Å². The van der Waals surface area contributed by atoms with Gasteiger partial charge in [0.25, 0.3) is 0 Å². The lowest BCUT2D eigenvalue weighted by Gasteiger charge is -2.42. The van der Waals surface area contributed by atoms with E-state index in [9.17, 15) is 4.79 Å². The van der Waals surface area contributed by atoms with E-state index in [0.29, 0.717) is 29.8 Å². The number of halogens is 1. The van der Waals surface area contributed by atoms with Gasteiger partial charge in [-0.3, -0.25) is 0 Å². The molecule has 0 aromatic heterocycles. The first-order chi connectivity index (χ1) is 11.5. The predicted octanol–water partition coefficient (Wildman–Crippen LogP) is 3.55. The van der Waals surface area contributed by atoms with E-state index in [-0.39, 0.29) is 25.5 Å². The zero-order valence-electron chi connectivity index (χ0n) is 13.9. The van der Waals surface area contributed by atoms with E-state index in [0.717, 1.165) is 18.4 Å². The van der Waals surface area contributed by atoms with Crippen LogP contribution in [0.4, 0.5) is 4.79 Å². The SMILES string of the molecule is Cc1cc(Cl)ccc1OCOC(=O)N1CCC(C2OC(C)O2)CC1. The van der Waals surface area contributed by atoms with Gasteiger partial charge in [0.1, 0.15) is 5.75 Å². The van der Waals surface area contributed by atoms with E-state index in [4.69, 9.17) is 30.5 Å². The number of rotatable bonds is 4. The average molecular weight is 356 g/mol. The van der Waals surface area contributed by atoms with E-state index in [1.165, 1.54) is 0 Å². The molecule has 0 saturated carbocycles. The monoisotopic (exact) mass is 355 g/mol. The lowest BCUT2D eigenvalue weighted by molar-refractivity contribution is -0.394. The third-order valence-electron chi connectivity index (χ3n) is 4.37. The van der Waals surface area contributed by atoms with Gasteiger partial charge < -0.3 is 23.8 Å². The minimum absolute atomic E-state index is 0.105. The van der Waals surface area contributed by atoms with Gasteiger partial charge in [-0.1, -0.05) is 11.6 Å². The number of benzene rings is 1. The number of ether oxygens (including phenoxy) is 4. The number of hydrogen-bond acceptors (Lipinski definition) is 5. The highest BCUT2D eigenvalue weighted by Gasteiger charge is 2.37. The van der Waals surface area contributed by atoms with E-state index in [1.807, 2.05) is 13.8 Å². The molecular formula is C17H22ClNO5. The Morgan fingerprint density at radius 2 is 2.04 bits per heavy atom. The van der Waals surface area contributed by atoms with Crippen molar-refractivity contribution in [3.63, 3.8) is 0 Å². The molecule has 0 atom stereocenters. The molecule has 2 aliphatic rings. The summed E-state index contributed by atoms with van der Waals surface area (Å²) in [5, 5.41) is 0.647. The molecule has 6 nitrogen and oxygen atoms in total. The van der Waals surface area contributed by atoms with Crippen LogP contribution in [0.15, 0.2) is 18.2 Å². The molecule has 0 bridgehead atoms. The van der Waals surface area contributed by atoms with Crippen LogP contribution in [-0.4, -0.2) is 43.5 Å². The molecule has 1 aromatic carbocycles. The summed E-state index contributed by atoms with van der Waals surface area (Å²) in [5.41, 5.74) is 0.897. The first kappa shape index (κ1) is 17.3. The van der Waals surface area contributed by atoms with Gasteiger partial charge in [-0.25, -0.2) is 4.79 Å². The molecule has 1 amide bonds. The molecule has 3 rings (SSSR count). The van der Waals surface area contributed by atoms with Crippen LogP contribution in [-0.2, 0) is 14.2 Å². The number of carbonyl (C=O) groups is 1. The van der Waals surface area contributed by atoms with Crippen LogP contribution in [0.3, 0.4) is 0 Å². The predicted molar refractivity (Wildman–Crippen MR) is 87.9 cm³/mol. The van der Waals surface area contributed by atoms with Gasteiger partial charge in [0.15, 0.2) is 12.6 Å². The van der Waals surface area contributed by atoms with Crippen molar-refractivity contribution in [2.24, 2.45) is 5.92 Å². The molecule has 0 spiro atoms. The topological polar surface area (TPSA) is 57.2 Å². The fourth-order valence-corrected chi connectivity index (χ4v) is 3.20. The van der Waals surface area contributed by atoms with Crippen molar-refractivity contribution in [1.82, 2.24) is 4.90 Å². The van der Waals surface area contributed by atoms with Crippen molar-refractivity contribution in [2.45, 2.75) is 39.3 Å². The van der Waals surface area contributed by atoms with Gasteiger partial charge in [-0.2, -0.15) is 0 Å². The number of aryl methyl sites for hydroxylation is 1. The molecule has 0 unspecified atom stereocenters. The molecule has 2 aliphatic heterocycles. The highest BCUT2D eigenvalue weighted by Crippen LogP contribution is 2.30. The molecule has 2 heterocycles. The van der Waals surface area contributed by atoms with Crippen LogP contribution in [0.1, 0.15) is 25.3 Å². The minimum atomic E-state index is -0.358. The molecule has 2 fully saturated rings. The highest BCUT2D eigenvalue weighted by atomic mass is 35.5. The van der Waals surface area contributed by atoms with E-state index >= 15 is 0 Å². The summed E-state index contributed by atoms with van der Waals surface area (Å²) in [5.74, 6) is 0.998. The van der Waals surface area contributed by atoms with Crippen molar-refractivity contribution in [3.8, 4) is 5.75 Å². The first-order valence-electron chi connectivity index (χ1n) is 8.14. The second-order valence-electron chi connectivity index (χ2n) is 6.11. The van der Waals surface area contributed by atoms with Crippen LogP contribution in [0.5, 0.6) is 5.75 Å². The van der Waals surface area contributed by atoms with Crippen molar-refractivity contribution < 1.29 is 23.7 Å². The number of piperidine rings is 1. The summed E-state index contributed by atoms with van der Waals surface area (Å²) >= 11 is 5.89. The summed E-state index contributed by atoms with van der Waals surface area (Å²) in [6, 6.07) is 5.30. The Kier molecular flexibility index (Phi) is 5.48. The maximum Gasteiger partial charge on any atom is 0.412 e. The molecule has 7 heteroatoms. The Balaban J connectivity index is 1.38. The Bertz CT molecular complexity index is 582. The molecular weight excluding hydrogens is 334 g/mol. The van der Waals surface area contributed by atoms with Crippen LogP contribution in [0.2, 0.25) is 5.02 Å². The quantitative estimate of drug-likeness (QED) is 0.773. The number of amides is 1. The Hall–Kier alpha value is -1.50. The maximum absolute atomic E-state index is 12.1. The summed E-state index contributed by atoms with van der Waals surface area (Å²) in [6.45, 7) is 4.93. The van der Waals surface area contributed by atoms with Crippen LogP contribution in [0, 0.1) is 12.8 Å². The van der Waals surface area contributed by atoms with Crippen LogP contribution in [0.25, 0.3) is 0 Å². The van der Waals surface area contributed by atoms with Gasteiger partial charge in [-0.15, -0.1) is 0 Å². The van der Waals surface area contributed by atoms with Crippen LogP contribution >= 0.6 is 11.6 Å². The summed E-state index contributed by atoms with van der Waals surface area (Å²) in [4.78, 5) is 13.8. The summed E-state index contributed by atoms with van der Waals surface area (Å²) in [7, 11) is 0. The lowest BCUT2D eigenvalue weighted by atomic mass is 9.96. The largest absolute Gasteiger partial charge is 0.457 e. The lowest BCUT2D eigenvalue weighted by Crippen LogP contribution is -2.49. The third kappa shape index (κ3) is 4.12. The molecule has 0 aliphatic carbocycles. The zero-order chi connectivity index (χ0) is 17.1. The normalized spacial score (nSPS) is 24.4. The smallest absolute Gasteiger partial charge is 0.412 e. The maximum atomic E-state index is 12.1. The number of hydrogen-bond donors (Lipinski definition) is 0. The average Bonchev–Trinajstić information content (AvgIpc) is 2.54. The van der Waals surface area contributed by atoms with Crippen molar-refractivity contribution in [1.29, 1.82) is 0 Å². The van der Waals surface area contributed by atoms with Gasteiger partial charge >= 0.3 is 6.09 Å². The van der Waals surface area contributed by atoms with Gasteiger partial charge in [0.05, 0.1) is 0 Å². The van der Waals surface area contributed by atoms with E-state index < -0.39 is 0 Å². The second-order valence-corrected chi connectivity index (χ2v) is 6.55. The first-order valence-corrected chi connectivity index (χ1v) is 8.52. The second kappa shape index (κ2) is 7.59. The highest BCUT2D eigenvalue weighted by molar-refractivity contribution is 6.30. The Morgan fingerprint density at radius 1 is 1.33 bits per heavy atom. The fourth-order valence-electron chi connectivity index (χ4n) is 2.97.